The van der Waals surface area contributed by atoms with Gasteiger partial charge in [-0.05, 0) is 29.2 Å². The number of para-hydroxylation sites is 2. The van der Waals surface area contributed by atoms with Crippen LogP contribution in [0.2, 0.25) is 0 Å². The van der Waals surface area contributed by atoms with Crippen LogP contribution in [0.1, 0.15) is 65.9 Å². The van der Waals surface area contributed by atoms with E-state index in [0.717, 1.165) is 30.7 Å². The fourth-order valence-electron chi connectivity index (χ4n) is 6.48. The van der Waals surface area contributed by atoms with Crippen LogP contribution in [-0.2, 0) is 53.4 Å². The van der Waals surface area contributed by atoms with E-state index in [9.17, 15) is 91.8 Å². The molecular formula is C50H46F10N4O14. The number of ketones is 4. The molecule has 0 aromatic heterocycles. The van der Waals surface area contributed by atoms with Crippen molar-refractivity contribution < 1.29 is 112 Å². The number of hydrogen-bond acceptors (Lipinski definition) is 12. The molecule has 0 saturated carbocycles. The molecule has 0 heterocycles. The van der Waals surface area contributed by atoms with Crippen LogP contribution in [-0.4, -0.2) is 94.2 Å². The number of carbonyl (C=O) groups excluding carboxylic acids is 8. The second-order valence-electron chi connectivity index (χ2n) is 17.8. The summed E-state index contributed by atoms with van der Waals surface area (Å²) in [5.41, 5.74) is -0.0831. The fraction of sp³-hybridized carbons (Fsp3) is 0.320. The van der Waals surface area contributed by atoms with Crippen molar-refractivity contribution in [3.8, 4) is 11.5 Å². The van der Waals surface area contributed by atoms with Crippen LogP contribution in [0, 0.1) is 70.0 Å². The Hall–Kier alpha value is -8.72. The first kappa shape index (κ1) is 63.6. The van der Waals surface area contributed by atoms with Crippen LogP contribution in [0.3, 0.4) is 0 Å². The third kappa shape index (κ3) is 18.0. The molecule has 0 bridgehead atoms. The molecule has 4 atom stereocenters. The number of ether oxygens (including phenoxy) is 2. The molecule has 0 saturated heterocycles. The largest absolute Gasteiger partial charge is 0.481 e. The maximum Gasteiger partial charge on any atom is 0.305 e. The number of aliphatic carboxylic acids is 2. The van der Waals surface area contributed by atoms with E-state index in [4.69, 9.17) is 10.2 Å². The quantitative estimate of drug-likeness (QED) is 0.0254. The molecule has 0 aliphatic heterocycles. The van der Waals surface area contributed by atoms with Gasteiger partial charge in [-0.25, -0.2) is 26.3 Å². The maximum atomic E-state index is 13.8. The molecule has 4 aromatic rings. The molecule has 4 rings (SSSR count). The van der Waals surface area contributed by atoms with E-state index in [1.54, 1.807) is 29.6 Å². The van der Waals surface area contributed by atoms with Crippen LogP contribution < -0.4 is 30.7 Å². The van der Waals surface area contributed by atoms with Crippen molar-refractivity contribution in [3.63, 3.8) is 0 Å². The lowest BCUT2D eigenvalue weighted by Crippen LogP contribution is -2.46. The Morgan fingerprint density at radius 3 is 1.22 bits per heavy atom. The van der Waals surface area contributed by atoms with Crippen LogP contribution >= 0.6 is 0 Å². The van der Waals surface area contributed by atoms with Gasteiger partial charge in [0.05, 0.1) is 12.8 Å². The van der Waals surface area contributed by atoms with E-state index in [2.05, 4.69) is 20.1 Å². The Balaban J connectivity index is 0.000000411. The zero-order valence-corrected chi connectivity index (χ0v) is 41.3. The molecule has 78 heavy (non-hydrogen) atoms. The van der Waals surface area contributed by atoms with Gasteiger partial charge in [-0.15, -0.1) is 0 Å². The Morgan fingerprint density at radius 1 is 0.500 bits per heavy atom. The third-order valence-electron chi connectivity index (χ3n) is 10.6. The minimum atomic E-state index is -1.96. The first-order valence-electron chi connectivity index (χ1n) is 22.5. The highest BCUT2D eigenvalue weighted by Crippen LogP contribution is 2.30. The normalized spacial score (nSPS) is 12.5. The number of nitrogens with one attached hydrogen (secondary N) is 4. The Morgan fingerprint density at radius 2 is 0.859 bits per heavy atom. The lowest BCUT2D eigenvalue weighted by molar-refractivity contribution is -0.142. The van der Waals surface area contributed by atoms with Crippen LogP contribution in [0.15, 0.2) is 54.6 Å². The molecule has 0 aliphatic rings. The van der Waals surface area contributed by atoms with Gasteiger partial charge in [0.1, 0.15) is 42.6 Å². The van der Waals surface area contributed by atoms with E-state index >= 15 is 0 Å². The molecule has 0 spiro atoms. The molecular weight excluding hydrogens is 1070 g/mol. The molecule has 4 amide bonds. The van der Waals surface area contributed by atoms with Gasteiger partial charge >= 0.3 is 11.9 Å². The zero-order valence-electron chi connectivity index (χ0n) is 41.3. The number of halogens is 10. The number of carboxylic acid groups (broad SMARTS) is 2. The number of Topliss-reactive ketones (excluding diaryl/α,β-unsaturated/α-hetero) is 4. The minimum absolute atomic E-state index is 0.0703. The van der Waals surface area contributed by atoms with Crippen molar-refractivity contribution in [1.29, 1.82) is 0 Å². The molecule has 0 fully saturated rings. The number of carbonyl (C=O) groups is 10. The number of carboxylic acids is 2. The van der Waals surface area contributed by atoms with E-state index in [1.165, 1.54) is 6.92 Å². The fourth-order valence-corrected chi connectivity index (χ4v) is 6.48. The number of amides is 4. The molecule has 28 heteroatoms. The topological polar surface area (TPSA) is 278 Å². The van der Waals surface area contributed by atoms with E-state index in [0.29, 0.717) is 5.69 Å². The van der Waals surface area contributed by atoms with Crippen LogP contribution in [0.5, 0.6) is 11.5 Å². The van der Waals surface area contributed by atoms with Gasteiger partial charge in [0, 0.05) is 42.5 Å². The van der Waals surface area contributed by atoms with Crippen molar-refractivity contribution in [1.82, 2.24) is 10.6 Å². The summed E-state index contributed by atoms with van der Waals surface area (Å²) < 4.78 is 145. The van der Waals surface area contributed by atoms with Gasteiger partial charge < -0.3 is 41.0 Å². The molecule has 0 radical (unpaired) electrons. The Bertz CT molecular complexity index is 2940. The Kier molecular flexibility index (Phi) is 22.7. The molecule has 0 unspecified atom stereocenters. The number of anilines is 2. The summed E-state index contributed by atoms with van der Waals surface area (Å²) >= 11 is 0. The predicted molar refractivity (Wildman–Crippen MR) is 248 cm³/mol. The second kappa shape index (κ2) is 27.9. The standard InChI is InChI=1S/C27H28F4N2O7.C23H18F6N2O7/c1-13(9-19(34)26(39)32-17-8-6-5-7-14(17)27(2,3)4)25(38)33-18(11-21(36)37)20(35)12-40-24-22(30)15(28)10-16(29)23(24)31;1-9(5-15(32)23(37)31-20-10(24)3-2-4-11(20)25)22(36)30-14(7-17(34)35)16(33)8-38-21-18(28)12(26)6-13(27)19(21)29/h5-8,10,13,18H,9,11-12H2,1-4H3,(H,32,39)(H,33,38)(H,36,37);2-4,6,9,14H,5,7-8H2,1H3,(H,30,36)(H,31,37)(H,34,35)/t13-,18+;9-,14+/m11/s1. The summed E-state index contributed by atoms with van der Waals surface area (Å²) in [6, 6.07) is 5.62. The summed E-state index contributed by atoms with van der Waals surface area (Å²) in [6.07, 6.45) is -3.48. The number of hydrogen-bond donors (Lipinski definition) is 6. The van der Waals surface area contributed by atoms with Gasteiger partial charge in [-0.3, -0.25) is 47.9 Å². The highest BCUT2D eigenvalue weighted by atomic mass is 19.2. The number of benzene rings is 4. The summed E-state index contributed by atoms with van der Waals surface area (Å²) in [5.74, 6) is -35.5. The summed E-state index contributed by atoms with van der Waals surface area (Å²) in [4.78, 5) is 121. The Labute approximate surface area is 434 Å². The highest BCUT2D eigenvalue weighted by Gasteiger charge is 2.32. The van der Waals surface area contributed by atoms with Crippen molar-refractivity contribution in [2.45, 2.75) is 77.8 Å². The van der Waals surface area contributed by atoms with Crippen molar-refractivity contribution >= 4 is 70.1 Å². The van der Waals surface area contributed by atoms with Crippen molar-refractivity contribution in [2.24, 2.45) is 11.8 Å². The molecule has 0 aliphatic carbocycles. The third-order valence-corrected chi connectivity index (χ3v) is 10.6. The monoisotopic (exact) mass is 1120 g/mol. The summed E-state index contributed by atoms with van der Waals surface area (Å²) in [6.45, 7) is 5.52. The van der Waals surface area contributed by atoms with Crippen LogP contribution in [0.25, 0.3) is 0 Å². The minimum Gasteiger partial charge on any atom is -0.481 e. The summed E-state index contributed by atoms with van der Waals surface area (Å²) in [7, 11) is 0. The predicted octanol–water partition coefficient (Wildman–Crippen LogP) is 6.34. The summed E-state index contributed by atoms with van der Waals surface area (Å²) in [5, 5.41) is 26.4. The first-order chi connectivity index (χ1) is 36.2. The second-order valence-corrected chi connectivity index (χ2v) is 17.8. The molecule has 18 nitrogen and oxygen atoms in total. The highest BCUT2D eigenvalue weighted by molar-refractivity contribution is 6.41. The smallest absolute Gasteiger partial charge is 0.305 e. The van der Waals surface area contributed by atoms with Gasteiger partial charge in [-0.1, -0.05) is 58.9 Å². The van der Waals surface area contributed by atoms with Gasteiger partial charge in [0.25, 0.3) is 11.8 Å². The zero-order chi connectivity index (χ0) is 59.1. The molecule has 6 N–H and O–H groups in total. The maximum absolute atomic E-state index is 13.8. The van der Waals surface area contributed by atoms with Gasteiger partial charge in [0.15, 0.2) is 46.3 Å². The lowest BCUT2D eigenvalue weighted by Gasteiger charge is -2.23. The average molecular weight is 1120 g/mol. The van der Waals surface area contributed by atoms with Crippen LogP contribution in [0.4, 0.5) is 55.3 Å². The van der Waals surface area contributed by atoms with E-state index in [1.807, 2.05) is 26.1 Å². The van der Waals surface area contributed by atoms with E-state index in [-0.39, 0.29) is 17.5 Å². The van der Waals surface area contributed by atoms with Crippen molar-refractivity contribution in [2.75, 3.05) is 23.8 Å². The SMILES string of the molecule is C[C@H](CC(=O)C(=O)Nc1c(F)cccc1F)C(=O)N[C@@H](CC(=O)O)C(=O)COc1c(F)c(F)cc(F)c1F.C[C@H](CC(=O)C(=O)Nc1ccccc1C(C)(C)C)C(=O)N[C@@H](CC(=O)O)C(=O)COc1c(F)c(F)cc(F)c1F. The molecule has 4 aromatic carbocycles. The number of rotatable bonds is 24. The molecule has 420 valence electrons. The average Bonchev–Trinajstić information content (AvgIpc) is 3.36. The van der Waals surface area contributed by atoms with Crippen molar-refractivity contribution in [3.05, 3.63) is 118 Å². The van der Waals surface area contributed by atoms with Gasteiger partial charge in [0.2, 0.25) is 46.6 Å². The van der Waals surface area contributed by atoms with Gasteiger partial charge in [-0.2, -0.15) is 17.6 Å². The van der Waals surface area contributed by atoms with E-state index < -0.39 is 197 Å². The lowest BCUT2D eigenvalue weighted by atomic mass is 9.86. The first-order valence-corrected chi connectivity index (χ1v) is 22.5.